The molecule has 0 N–H and O–H groups in total. The van der Waals surface area contributed by atoms with E-state index in [1.54, 1.807) is 6.26 Å². The molecule has 1 unspecified atom stereocenters. The number of furan rings is 1. The zero-order valence-corrected chi connectivity index (χ0v) is 5.72. The molecule has 1 aromatic rings. The van der Waals surface area contributed by atoms with Crippen molar-refractivity contribution in [3.63, 3.8) is 0 Å². The minimum Gasteiger partial charge on any atom is -0.469 e. The first kappa shape index (κ1) is 6.40. The van der Waals surface area contributed by atoms with E-state index in [0.717, 1.165) is 11.3 Å². The largest absolute Gasteiger partial charge is 0.469 e. The number of rotatable bonds is 1. The van der Waals surface area contributed by atoms with E-state index < -0.39 is 0 Å². The van der Waals surface area contributed by atoms with E-state index in [2.05, 4.69) is 0 Å². The molecule has 0 aromatic carbocycles. The zero-order chi connectivity index (χ0) is 6.85. The Kier molecular flexibility index (Phi) is 1.60. The highest BCUT2D eigenvalue weighted by molar-refractivity contribution is 5.16. The van der Waals surface area contributed by atoms with Gasteiger partial charge in [0.15, 0.2) is 0 Å². The Bertz CT molecular complexity index is 186. The van der Waals surface area contributed by atoms with Crippen LogP contribution in [-0.4, -0.2) is 0 Å². The van der Waals surface area contributed by atoms with Crippen molar-refractivity contribution in [2.24, 2.45) is 0 Å². The first-order valence-corrected chi connectivity index (χ1v) is 3.01. The Morgan fingerprint density at radius 1 is 1.67 bits per heavy atom. The molecule has 0 amide bonds. The van der Waals surface area contributed by atoms with Crippen LogP contribution in [0.5, 0.6) is 0 Å². The third kappa shape index (κ3) is 1.35. The molecule has 1 heterocycles. The Labute approximate surface area is 55.7 Å². The van der Waals surface area contributed by atoms with Gasteiger partial charge < -0.3 is 4.42 Å². The lowest BCUT2D eigenvalue weighted by molar-refractivity contribution is 0.531. The molecular weight excluding hydrogens is 112 g/mol. The molecule has 0 bridgehead atoms. The van der Waals surface area contributed by atoms with Crippen LogP contribution in [0.4, 0.5) is 0 Å². The van der Waals surface area contributed by atoms with Crippen molar-refractivity contribution in [1.82, 2.24) is 0 Å². The Morgan fingerprint density at radius 2 is 2.33 bits per heavy atom. The molecule has 9 heavy (non-hydrogen) atoms. The molecule has 0 fully saturated rings. The van der Waals surface area contributed by atoms with E-state index in [0.29, 0.717) is 0 Å². The average molecular weight is 122 g/mol. The van der Waals surface area contributed by atoms with Gasteiger partial charge in [-0.1, -0.05) is 6.92 Å². The summed E-state index contributed by atoms with van der Waals surface area (Å²) in [5.41, 5.74) is 1.06. The van der Waals surface area contributed by atoms with Crippen LogP contribution in [-0.2, 0) is 0 Å². The van der Waals surface area contributed by atoms with Crippen LogP contribution >= 0.6 is 0 Å². The van der Waals surface area contributed by atoms with Crippen LogP contribution in [0, 0.1) is 13.8 Å². The van der Waals surface area contributed by atoms with E-state index in [1.807, 2.05) is 19.9 Å². The molecule has 0 aliphatic rings. The maximum Gasteiger partial charge on any atom is 0.100 e. The number of hydrogen-bond donors (Lipinski definition) is 0. The van der Waals surface area contributed by atoms with Crippen LogP contribution in [0.3, 0.4) is 0 Å². The van der Waals surface area contributed by atoms with E-state index >= 15 is 0 Å². The summed E-state index contributed by atoms with van der Waals surface area (Å²) in [6, 6.07) is 1.95. The molecule has 1 atom stereocenters. The van der Waals surface area contributed by atoms with Gasteiger partial charge in [0.2, 0.25) is 0 Å². The van der Waals surface area contributed by atoms with Gasteiger partial charge >= 0.3 is 0 Å². The monoisotopic (exact) mass is 122 g/mol. The fourth-order valence-corrected chi connectivity index (χ4v) is 0.703. The lowest BCUT2D eigenvalue weighted by Gasteiger charge is -1.94. The van der Waals surface area contributed by atoms with Crippen LogP contribution in [0.2, 0.25) is 0 Å². The third-order valence-electron chi connectivity index (χ3n) is 1.28. The predicted octanol–water partition coefficient (Wildman–Crippen LogP) is 2.40. The molecule has 1 aromatic heterocycles. The maximum atomic E-state index is 5.57. The summed E-state index contributed by atoms with van der Waals surface area (Å²) in [4.78, 5) is 0. The van der Waals surface area contributed by atoms with Crippen molar-refractivity contribution in [2.75, 3.05) is 0 Å². The van der Waals surface area contributed by atoms with Gasteiger partial charge in [0.25, 0.3) is 0 Å². The van der Waals surface area contributed by atoms with Crippen LogP contribution in [0.15, 0.2) is 16.7 Å². The summed E-state index contributed by atoms with van der Waals surface area (Å²) in [6.45, 7) is 9.41. The van der Waals surface area contributed by atoms with Gasteiger partial charge in [-0.2, -0.15) is 0 Å². The van der Waals surface area contributed by atoms with Crippen molar-refractivity contribution >= 4 is 0 Å². The molecule has 0 saturated carbocycles. The highest BCUT2D eigenvalue weighted by atomic mass is 16.3. The van der Waals surface area contributed by atoms with Crippen molar-refractivity contribution in [1.29, 1.82) is 0 Å². The fraction of sp³-hybridized carbons (Fsp3) is 0.375. The van der Waals surface area contributed by atoms with Gasteiger partial charge in [0, 0.05) is 0 Å². The van der Waals surface area contributed by atoms with E-state index in [9.17, 15) is 0 Å². The highest BCUT2D eigenvalue weighted by Gasteiger charge is 2.00. The molecular formula is C8H10O. The van der Waals surface area contributed by atoms with Crippen molar-refractivity contribution < 1.29 is 4.42 Å². The molecule has 1 heteroatoms. The average Bonchev–Trinajstić information content (AvgIpc) is 2.14. The second-order valence-electron chi connectivity index (χ2n) is 2.28. The Morgan fingerprint density at radius 3 is 2.56 bits per heavy atom. The second-order valence-corrected chi connectivity index (χ2v) is 2.28. The van der Waals surface area contributed by atoms with Crippen LogP contribution < -0.4 is 0 Å². The first-order chi connectivity index (χ1) is 4.20. The van der Waals surface area contributed by atoms with Crippen molar-refractivity contribution in [3.05, 3.63) is 30.6 Å². The van der Waals surface area contributed by atoms with E-state index in [1.165, 1.54) is 0 Å². The summed E-state index contributed by atoms with van der Waals surface area (Å²) in [7, 11) is 0. The second kappa shape index (κ2) is 2.26. The SMILES string of the molecule is [CH]C(C)c1coc(C)c1. The predicted molar refractivity (Wildman–Crippen MR) is 36.2 cm³/mol. The maximum absolute atomic E-state index is 5.57. The number of aryl methyl sites for hydroxylation is 1. The van der Waals surface area contributed by atoms with Crippen LogP contribution in [0.25, 0.3) is 0 Å². The van der Waals surface area contributed by atoms with E-state index in [4.69, 9.17) is 11.3 Å². The normalized spacial score (nSPS) is 10.7. The van der Waals surface area contributed by atoms with Crippen molar-refractivity contribution in [3.8, 4) is 0 Å². The van der Waals surface area contributed by atoms with Gasteiger partial charge in [-0.15, -0.1) is 0 Å². The lowest BCUT2D eigenvalue weighted by atomic mass is 10.1. The van der Waals surface area contributed by atoms with Gasteiger partial charge in [-0.3, -0.25) is 0 Å². The molecule has 0 aliphatic carbocycles. The molecule has 1 nitrogen and oxygen atoms in total. The number of hydrogen-bond acceptors (Lipinski definition) is 1. The standard InChI is InChI=1S/C8H10O/c1-6(2)8-4-7(3)9-5-8/h1,4-6H,2-3H3. The zero-order valence-electron chi connectivity index (χ0n) is 5.72. The van der Waals surface area contributed by atoms with Crippen LogP contribution in [0.1, 0.15) is 24.2 Å². The molecule has 1 rings (SSSR count). The highest BCUT2D eigenvalue weighted by Crippen LogP contribution is 2.15. The first-order valence-electron chi connectivity index (χ1n) is 3.01. The summed E-state index contributed by atoms with van der Waals surface area (Å²) in [5.74, 6) is 1.00. The summed E-state index contributed by atoms with van der Waals surface area (Å²) < 4.78 is 5.05. The summed E-state index contributed by atoms with van der Waals surface area (Å²) in [5, 5.41) is 0. The van der Waals surface area contributed by atoms with Gasteiger partial charge in [-0.25, -0.2) is 0 Å². The summed E-state index contributed by atoms with van der Waals surface area (Å²) in [6.07, 6.45) is 1.69. The smallest absolute Gasteiger partial charge is 0.100 e. The molecule has 0 saturated heterocycles. The van der Waals surface area contributed by atoms with Crippen molar-refractivity contribution in [2.45, 2.75) is 19.8 Å². The minimum absolute atomic E-state index is 0.0856. The Balaban J connectivity index is 2.85. The summed E-state index contributed by atoms with van der Waals surface area (Å²) >= 11 is 0. The Hall–Kier alpha value is -0.720. The minimum atomic E-state index is 0.0856. The fourth-order valence-electron chi connectivity index (χ4n) is 0.703. The van der Waals surface area contributed by atoms with E-state index in [-0.39, 0.29) is 5.92 Å². The third-order valence-corrected chi connectivity index (χ3v) is 1.28. The molecule has 48 valence electrons. The van der Waals surface area contributed by atoms with Gasteiger partial charge in [0.05, 0.1) is 6.26 Å². The molecule has 2 radical (unpaired) electrons. The lowest BCUT2D eigenvalue weighted by Crippen LogP contribution is -1.80. The molecule has 0 aliphatic heterocycles. The molecule has 0 spiro atoms. The quantitative estimate of drug-likeness (QED) is 0.557. The topological polar surface area (TPSA) is 13.1 Å². The van der Waals surface area contributed by atoms with Gasteiger partial charge in [0.1, 0.15) is 5.76 Å². The van der Waals surface area contributed by atoms with Gasteiger partial charge in [-0.05, 0) is 31.4 Å².